The molecule has 4 rings (SSSR count). The number of likely N-dealkylation sites (N-methyl/N-ethyl adjacent to an activating group) is 1. The average Bonchev–Trinajstić information content (AvgIpc) is 3.52. The maximum Gasteiger partial charge on any atom is 0.279 e. The van der Waals surface area contributed by atoms with Gasteiger partial charge in [0.2, 0.25) is 10.0 Å². The highest BCUT2D eigenvalue weighted by Gasteiger charge is 2.26. The number of hydrogen-bond acceptors (Lipinski definition) is 7. The van der Waals surface area contributed by atoms with Crippen LogP contribution in [0.3, 0.4) is 0 Å². The number of hydrogen-bond donors (Lipinski definition) is 0. The van der Waals surface area contributed by atoms with Crippen LogP contribution in [-0.2, 0) is 26.0 Å². The van der Waals surface area contributed by atoms with Gasteiger partial charge < -0.3 is 18.8 Å². The molecule has 200 valence electrons. The van der Waals surface area contributed by atoms with Crippen LogP contribution in [0.2, 0.25) is 0 Å². The molecule has 0 bridgehead atoms. The van der Waals surface area contributed by atoms with Crippen LogP contribution in [0.5, 0.6) is 5.75 Å². The molecule has 1 saturated heterocycles. The molecule has 37 heavy (non-hydrogen) atoms. The number of thiazole rings is 1. The van der Waals surface area contributed by atoms with E-state index in [1.807, 2.05) is 36.6 Å². The zero-order valence-electron chi connectivity index (χ0n) is 21.4. The van der Waals surface area contributed by atoms with Crippen LogP contribution in [0.25, 0.3) is 10.2 Å². The van der Waals surface area contributed by atoms with E-state index in [1.165, 1.54) is 39.9 Å². The van der Waals surface area contributed by atoms with Gasteiger partial charge in [0.05, 0.1) is 34.4 Å². The largest absolute Gasteiger partial charge is 0.494 e. The van der Waals surface area contributed by atoms with Gasteiger partial charge in [-0.15, -0.1) is 0 Å². The summed E-state index contributed by atoms with van der Waals surface area (Å²) in [7, 11) is -2.14. The minimum Gasteiger partial charge on any atom is -0.494 e. The number of benzene rings is 2. The van der Waals surface area contributed by atoms with Crippen molar-refractivity contribution in [3.63, 3.8) is 0 Å². The Morgan fingerprint density at radius 2 is 1.97 bits per heavy atom. The highest BCUT2D eigenvalue weighted by atomic mass is 32.2. The number of ether oxygens (including phenoxy) is 3. The molecule has 1 atom stereocenters. The molecular formula is C26H33N3O6S2. The number of carbonyl (C=O) groups is 1. The topological polar surface area (TPSA) is 99.4 Å². The van der Waals surface area contributed by atoms with Crippen molar-refractivity contribution in [2.75, 3.05) is 40.0 Å². The number of rotatable bonds is 11. The lowest BCUT2D eigenvalue weighted by molar-refractivity contribution is 0.0979. The third-order valence-electron chi connectivity index (χ3n) is 6.12. The molecule has 1 aliphatic rings. The van der Waals surface area contributed by atoms with Crippen molar-refractivity contribution in [1.82, 2.24) is 8.87 Å². The van der Waals surface area contributed by atoms with Gasteiger partial charge in [0.1, 0.15) is 5.75 Å². The maximum atomic E-state index is 13.1. The van der Waals surface area contributed by atoms with Crippen LogP contribution >= 0.6 is 11.3 Å². The number of fused-ring (bicyclic) bond motifs is 1. The lowest BCUT2D eigenvalue weighted by Gasteiger charge is -2.20. The third-order valence-corrected chi connectivity index (χ3v) is 9.00. The number of aromatic nitrogens is 1. The van der Waals surface area contributed by atoms with Gasteiger partial charge in [-0.1, -0.05) is 11.3 Å². The normalized spacial score (nSPS) is 16.6. The van der Waals surface area contributed by atoms with Gasteiger partial charge in [0, 0.05) is 38.9 Å². The highest BCUT2D eigenvalue weighted by Crippen LogP contribution is 2.24. The number of sulfonamides is 1. The molecule has 0 radical (unpaired) electrons. The van der Waals surface area contributed by atoms with E-state index in [2.05, 4.69) is 4.99 Å². The summed E-state index contributed by atoms with van der Waals surface area (Å²) < 4.78 is 46.9. The summed E-state index contributed by atoms with van der Waals surface area (Å²) in [5.74, 6) is 0.311. The van der Waals surface area contributed by atoms with Crippen LogP contribution in [0.15, 0.2) is 52.4 Å². The Labute approximate surface area is 221 Å². The third kappa shape index (κ3) is 6.47. The average molecular weight is 548 g/mol. The van der Waals surface area contributed by atoms with Gasteiger partial charge in [-0.2, -0.15) is 9.30 Å². The van der Waals surface area contributed by atoms with E-state index >= 15 is 0 Å². The lowest BCUT2D eigenvalue weighted by Crippen LogP contribution is -2.34. The van der Waals surface area contributed by atoms with E-state index in [9.17, 15) is 13.2 Å². The Balaban J connectivity index is 1.59. The summed E-state index contributed by atoms with van der Waals surface area (Å²) in [4.78, 5) is 18.1. The molecule has 2 heterocycles. The number of amides is 1. The molecule has 0 N–H and O–H groups in total. The predicted octanol–water partition coefficient (Wildman–Crippen LogP) is 3.68. The summed E-state index contributed by atoms with van der Waals surface area (Å²) in [5.41, 5.74) is 1.25. The van der Waals surface area contributed by atoms with Crippen LogP contribution in [0.4, 0.5) is 0 Å². The second-order valence-electron chi connectivity index (χ2n) is 8.66. The summed E-state index contributed by atoms with van der Waals surface area (Å²) in [6.07, 6.45) is 1.71. The van der Waals surface area contributed by atoms with Crippen LogP contribution in [0, 0.1) is 0 Å². The zero-order valence-corrected chi connectivity index (χ0v) is 23.0. The second-order valence-corrected chi connectivity index (χ2v) is 11.7. The smallest absolute Gasteiger partial charge is 0.279 e. The molecule has 3 aromatic rings. The quantitative estimate of drug-likeness (QED) is 0.340. The lowest BCUT2D eigenvalue weighted by atomic mass is 10.2. The van der Waals surface area contributed by atoms with Gasteiger partial charge >= 0.3 is 0 Å². The van der Waals surface area contributed by atoms with Crippen LogP contribution in [-0.4, -0.2) is 69.3 Å². The van der Waals surface area contributed by atoms with Gasteiger partial charge in [0.25, 0.3) is 5.91 Å². The first kappa shape index (κ1) is 27.5. The van der Waals surface area contributed by atoms with Gasteiger partial charge in [-0.05, 0) is 69.2 Å². The molecule has 0 spiro atoms. The van der Waals surface area contributed by atoms with Gasteiger partial charge in [-0.3, -0.25) is 4.79 Å². The Morgan fingerprint density at radius 1 is 1.19 bits per heavy atom. The van der Waals surface area contributed by atoms with E-state index in [4.69, 9.17) is 14.2 Å². The molecule has 0 aliphatic carbocycles. The number of nitrogens with zero attached hydrogens (tertiary/aromatic N) is 3. The standard InChI is InChI=1S/C26H33N3O6S2/c1-4-33-16-14-29-23-13-10-20(34-5-2)17-24(23)36-26(29)27-25(30)19-8-11-22(12-9-19)37(31,32)28(3)18-21-7-6-15-35-21/h8-13,17,21H,4-7,14-16,18H2,1-3H3. The monoisotopic (exact) mass is 547 g/mol. The minimum absolute atomic E-state index is 0.0835. The Morgan fingerprint density at radius 3 is 2.65 bits per heavy atom. The molecule has 9 nitrogen and oxygen atoms in total. The summed E-state index contributed by atoms with van der Waals surface area (Å²) >= 11 is 1.40. The molecule has 1 unspecified atom stereocenters. The fraction of sp³-hybridized carbons (Fsp3) is 0.462. The summed E-state index contributed by atoms with van der Waals surface area (Å²) in [5, 5.41) is 0. The van der Waals surface area contributed by atoms with Crippen LogP contribution < -0.4 is 9.54 Å². The van der Waals surface area contributed by atoms with E-state index in [1.54, 1.807) is 7.05 Å². The molecule has 11 heteroatoms. The van der Waals surface area contributed by atoms with E-state index in [-0.39, 0.29) is 11.0 Å². The fourth-order valence-electron chi connectivity index (χ4n) is 4.19. The molecule has 1 fully saturated rings. The first-order valence-corrected chi connectivity index (χ1v) is 14.7. The Kier molecular flexibility index (Phi) is 9.14. The van der Waals surface area contributed by atoms with Crippen molar-refractivity contribution in [1.29, 1.82) is 0 Å². The van der Waals surface area contributed by atoms with Crippen LogP contribution in [0.1, 0.15) is 37.0 Å². The fourth-order valence-corrected chi connectivity index (χ4v) is 6.47. The van der Waals surface area contributed by atoms with Crippen molar-refractivity contribution >= 4 is 37.5 Å². The van der Waals surface area contributed by atoms with Crippen molar-refractivity contribution in [2.24, 2.45) is 4.99 Å². The first-order valence-electron chi connectivity index (χ1n) is 12.4. The molecule has 1 aromatic heterocycles. The molecular weight excluding hydrogens is 514 g/mol. The summed E-state index contributed by atoms with van der Waals surface area (Å²) in [6.45, 7) is 7.02. The van der Waals surface area contributed by atoms with Crippen molar-refractivity contribution in [2.45, 2.75) is 44.2 Å². The van der Waals surface area contributed by atoms with E-state index in [0.717, 1.165) is 28.8 Å². The van der Waals surface area contributed by atoms with Gasteiger partial charge in [-0.25, -0.2) is 8.42 Å². The molecule has 1 amide bonds. The predicted molar refractivity (Wildman–Crippen MR) is 143 cm³/mol. The Hall–Kier alpha value is -2.57. The SMILES string of the molecule is CCOCCn1c(=NC(=O)c2ccc(S(=O)(=O)N(C)CC3CCCO3)cc2)sc2cc(OCC)ccc21. The number of carbonyl (C=O) groups excluding carboxylic acids is 1. The molecule has 2 aromatic carbocycles. The van der Waals surface area contributed by atoms with E-state index < -0.39 is 15.9 Å². The van der Waals surface area contributed by atoms with Crippen molar-refractivity contribution in [3.8, 4) is 5.75 Å². The first-order chi connectivity index (χ1) is 17.8. The maximum absolute atomic E-state index is 13.1. The van der Waals surface area contributed by atoms with Gasteiger partial charge in [0.15, 0.2) is 4.80 Å². The van der Waals surface area contributed by atoms with E-state index in [0.29, 0.717) is 49.9 Å². The Bertz CT molecular complexity index is 1390. The van der Waals surface area contributed by atoms with Crippen molar-refractivity contribution in [3.05, 3.63) is 52.8 Å². The zero-order chi connectivity index (χ0) is 26.4. The summed E-state index contributed by atoms with van der Waals surface area (Å²) in [6, 6.07) is 11.7. The molecule has 0 saturated carbocycles. The second kappa shape index (κ2) is 12.3. The highest BCUT2D eigenvalue weighted by molar-refractivity contribution is 7.89. The molecule has 1 aliphatic heterocycles. The van der Waals surface area contributed by atoms with Crippen molar-refractivity contribution < 1.29 is 27.4 Å². The minimum atomic E-state index is -3.69.